The van der Waals surface area contributed by atoms with Gasteiger partial charge in [-0.2, -0.15) is 0 Å². The average molecular weight is 746 g/mol. The van der Waals surface area contributed by atoms with Crippen molar-refractivity contribution in [2.75, 3.05) is 4.90 Å². The minimum absolute atomic E-state index is 0.0815. The van der Waals surface area contributed by atoms with Gasteiger partial charge in [0, 0.05) is 33.2 Å². The Kier molecular flexibility index (Phi) is 7.36. The molecule has 0 atom stereocenters. The standard InChI is InChI=1S/C57H47N/c1-55(2)47-26-14-11-21-41(47)45-34-37(31-33-49(45)55)58(38-30-32-42-40-20-10-13-25-46(40)57(5,6)51(42)35-38)52-29-17-23-39(36-18-8-7-9-19-36)54(52)44-24-16-28-50-53(44)43-22-12-15-27-48(43)56(50,3)4/h7-35H,1-6H3. The SMILES string of the molecule is CC1(C)c2ccccc2-c2cc(N(c3ccc4c(c3)C(C)(C)c3ccccc3-4)c3cccc(-c4ccccc4)c3-c3cccc4c3-c3ccccc3C4(C)C)ccc21. The molecule has 1 heteroatoms. The molecule has 0 bridgehead atoms. The van der Waals surface area contributed by atoms with E-state index in [0.29, 0.717) is 0 Å². The van der Waals surface area contributed by atoms with Crippen LogP contribution in [-0.2, 0) is 16.2 Å². The fourth-order valence-corrected chi connectivity index (χ4v) is 10.9. The Morgan fingerprint density at radius 1 is 0.293 bits per heavy atom. The van der Waals surface area contributed by atoms with E-state index < -0.39 is 0 Å². The van der Waals surface area contributed by atoms with Gasteiger partial charge in [0.25, 0.3) is 0 Å². The van der Waals surface area contributed by atoms with Crippen molar-refractivity contribution in [3.63, 3.8) is 0 Å². The maximum absolute atomic E-state index is 2.56. The predicted octanol–water partition coefficient (Wildman–Crippen LogP) is 15.4. The molecular weight excluding hydrogens is 699 g/mol. The summed E-state index contributed by atoms with van der Waals surface area (Å²) in [6.07, 6.45) is 0. The van der Waals surface area contributed by atoms with E-state index in [1.165, 1.54) is 89.0 Å². The maximum atomic E-state index is 2.56. The van der Waals surface area contributed by atoms with Gasteiger partial charge in [-0.25, -0.2) is 0 Å². The van der Waals surface area contributed by atoms with Gasteiger partial charge in [0.05, 0.1) is 5.69 Å². The Bertz CT molecular complexity index is 2980. The number of hydrogen-bond donors (Lipinski definition) is 0. The summed E-state index contributed by atoms with van der Waals surface area (Å²) >= 11 is 0. The van der Waals surface area contributed by atoms with E-state index in [0.717, 1.165) is 17.1 Å². The normalized spacial score (nSPS) is 15.5. The van der Waals surface area contributed by atoms with Crippen molar-refractivity contribution in [3.8, 4) is 55.6 Å². The molecular formula is C57H47N. The van der Waals surface area contributed by atoms with Crippen LogP contribution in [-0.4, -0.2) is 0 Å². The molecule has 1 nitrogen and oxygen atoms in total. The molecule has 0 saturated heterocycles. The first kappa shape index (κ1) is 34.8. The average Bonchev–Trinajstić information content (AvgIpc) is 3.74. The van der Waals surface area contributed by atoms with Gasteiger partial charge in [-0.1, -0.05) is 187 Å². The van der Waals surface area contributed by atoms with E-state index in [-0.39, 0.29) is 16.2 Å². The lowest BCUT2D eigenvalue weighted by Gasteiger charge is -2.32. The summed E-state index contributed by atoms with van der Waals surface area (Å²) in [6.45, 7) is 14.3. The molecule has 58 heavy (non-hydrogen) atoms. The second-order valence-electron chi connectivity index (χ2n) is 18.1. The highest BCUT2D eigenvalue weighted by molar-refractivity contribution is 6.04. The fourth-order valence-electron chi connectivity index (χ4n) is 10.9. The Labute approximate surface area is 343 Å². The molecule has 3 aliphatic carbocycles. The second-order valence-corrected chi connectivity index (χ2v) is 18.1. The van der Waals surface area contributed by atoms with Crippen LogP contribution >= 0.6 is 0 Å². The van der Waals surface area contributed by atoms with Crippen molar-refractivity contribution >= 4 is 17.1 Å². The van der Waals surface area contributed by atoms with Crippen LogP contribution in [0.2, 0.25) is 0 Å². The zero-order valence-electron chi connectivity index (χ0n) is 34.2. The first-order chi connectivity index (χ1) is 28.1. The van der Waals surface area contributed by atoms with Gasteiger partial charge in [0.15, 0.2) is 0 Å². The molecule has 0 unspecified atom stereocenters. The monoisotopic (exact) mass is 745 g/mol. The Morgan fingerprint density at radius 2 is 0.759 bits per heavy atom. The van der Waals surface area contributed by atoms with Crippen LogP contribution in [0.1, 0.15) is 74.9 Å². The molecule has 0 aliphatic heterocycles. The van der Waals surface area contributed by atoms with Crippen LogP contribution in [0.4, 0.5) is 17.1 Å². The number of nitrogens with zero attached hydrogens (tertiary/aromatic N) is 1. The number of anilines is 3. The molecule has 0 heterocycles. The summed E-state index contributed by atoms with van der Waals surface area (Å²) in [6, 6.07) is 66.3. The molecule has 8 aromatic carbocycles. The fraction of sp³-hybridized carbons (Fsp3) is 0.158. The van der Waals surface area contributed by atoms with Crippen LogP contribution in [0, 0.1) is 0 Å². The van der Waals surface area contributed by atoms with Crippen molar-refractivity contribution in [2.45, 2.75) is 57.8 Å². The van der Waals surface area contributed by atoms with E-state index >= 15 is 0 Å². The molecule has 0 spiro atoms. The van der Waals surface area contributed by atoms with Crippen molar-refractivity contribution in [1.82, 2.24) is 0 Å². The van der Waals surface area contributed by atoms with Gasteiger partial charge in [-0.3, -0.25) is 0 Å². The predicted molar refractivity (Wildman–Crippen MR) is 245 cm³/mol. The van der Waals surface area contributed by atoms with E-state index in [1.807, 2.05) is 0 Å². The lowest BCUT2D eigenvalue weighted by atomic mass is 9.81. The summed E-state index contributed by atoms with van der Waals surface area (Å²) in [5, 5.41) is 0. The molecule has 0 aromatic heterocycles. The van der Waals surface area contributed by atoms with Crippen LogP contribution in [0.3, 0.4) is 0 Å². The first-order valence-electron chi connectivity index (χ1n) is 20.8. The van der Waals surface area contributed by atoms with Crippen molar-refractivity contribution in [1.29, 1.82) is 0 Å². The smallest absolute Gasteiger partial charge is 0.0546 e. The summed E-state index contributed by atoms with van der Waals surface area (Å²) in [5.41, 5.74) is 24.3. The van der Waals surface area contributed by atoms with Gasteiger partial charge in [0.2, 0.25) is 0 Å². The molecule has 0 amide bonds. The van der Waals surface area contributed by atoms with E-state index in [9.17, 15) is 0 Å². The highest BCUT2D eigenvalue weighted by Crippen LogP contribution is 2.57. The third kappa shape index (κ3) is 4.77. The van der Waals surface area contributed by atoms with Crippen LogP contribution in [0.25, 0.3) is 55.6 Å². The van der Waals surface area contributed by atoms with Crippen molar-refractivity contribution in [2.24, 2.45) is 0 Å². The van der Waals surface area contributed by atoms with E-state index in [4.69, 9.17) is 0 Å². The third-order valence-electron chi connectivity index (χ3n) is 13.9. The number of fused-ring (bicyclic) bond motifs is 9. The minimum Gasteiger partial charge on any atom is -0.310 e. The summed E-state index contributed by atoms with van der Waals surface area (Å²) in [4.78, 5) is 2.56. The van der Waals surface area contributed by atoms with Crippen LogP contribution in [0.15, 0.2) is 176 Å². The molecule has 11 rings (SSSR count). The van der Waals surface area contributed by atoms with Gasteiger partial charge in [-0.05, 0) is 114 Å². The Balaban J connectivity index is 1.23. The van der Waals surface area contributed by atoms with E-state index in [2.05, 4.69) is 222 Å². The van der Waals surface area contributed by atoms with Crippen LogP contribution in [0.5, 0.6) is 0 Å². The lowest BCUT2D eigenvalue weighted by Crippen LogP contribution is -2.17. The Morgan fingerprint density at radius 3 is 1.48 bits per heavy atom. The first-order valence-corrected chi connectivity index (χ1v) is 20.8. The molecule has 0 N–H and O–H groups in total. The van der Waals surface area contributed by atoms with E-state index in [1.54, 1.807) is 0 Å². The summed E-state index contributed by atoms with van der Waals surface area (Å²) < 4.78 is 0. The summed E-state index contributed by atoms with van der Waals surface area (Å²) in [5.74, 6) is 0. The molecule has 0 saturated carbocycles. The van der Waals surface area contributed by atoms with Gasteiger partial charge in [-0.15, -0.1) is 0 Å². The number of rotatable bonds is 5. The van der Waals surface area contributed by atoms with Crippen molar-refractivity contribution < 1.29 is 0 Å². The van der Waals surface area contributed by atoms with Crippen molar-refractivity contribution in [3.05, 3.63) is 209 Å². The maximum Gasteiger partial charge on any atom is 0.0546 e. The number of benzene rings is 8. The number of hydrogen-bond acceptors (Lipinski definition) is 1. The van der Waals surface area contributed by atoms with Gasteiger partial charge >= 0.3 is 0 Å². The van der Waals surface area contributed by atoms with Gasteiger partial charge in [0.1, 0.15) is 0 Å². The highest BCUT2D eigenvalue weighted by Gasteiger charge is 2.40. The Hall–Kier alpha value is -6.44. The quantitative estimate of drug-likeness (QED) is 0.170. The van der Waals surface area contributed by atoms with Gasteiger partial charge < -0.3 is 4.90 Å². The zero-order valence-corrected chi connectivity index (χ0v) is 34.2. The summed E-state index contributed by atoms with van der Waals surface area (Å²) in [7, 11) is 0. The highest BCUT2D eigenvalue weighted by atomic mass is 15.1. The molecule has 280 valence electrons. The third-order valence-corrected chi connectivity index (χ3v) is 13.9. The molecule has 3 aliphatic rings. The second kappa shape index (κ2) is 12.3. The largest absolute Gasteiger partial charge is 0.310 e. The molecule has 0 radical (unpaired) electrons. The zero-order chi connectivity index (χ0) is 39.6. The van der Waals surface area contributed by atoms with Crippen LogP contribution < -0.4 is 4.90 Å². The molecule has 8 aromatic rings. The topological polar surface area (TPSA) is 3.24 Å². The minimum atomic E-state index is -0.140. The molecule has 0 fully saturated rings. The lowest BCUT2D eigenvalue weighted by molar-refractivity contribution is 0.660.